The highest BCUT2D eigenvalue weighted by Gasteiger charge is 2.13. The number of hydrogen-bond acceptors (Lipinski definition) is 3. The van der Waals surface area contributed by atoms with Crippen molar-refractivity contribution in [2.45, 2.75) is 26.4 Å². The van der Waals surface area contributed by atoms with Crippen molar-refractivity contribution in [1.29, 1.82) is 0 Å². The van der Waals surface area contributed by atoms with Crippen molar-refractivity contribution in [2.75, 3.05) is 13.2 Å². The lowest BCUT2D eigenvalue weighted by molar-refractivity contribution is 0.0249. The number of rotatable bonds is 5. The zero-order valence-electron chi connectivity index (χ0n) is 8.12. The summed E-state index contributed by atoms with van der Waals surface area (Å²) in [6, 6.07) is 1.83. The van der Waals surface area contributed by atoms with Crippen molar-refractivity contribution in [3.8, 4) is 0 Å². The Morgan fingerprint density at radius 1 is 1.62 bits per heavy atom. The van der Waals surface area contributed by atoms with Crippen LogP contribution in [-0.4, -0.2) is 18.3 Å². The zero-order chi connectivity index (χ0) is 9.68. The molecule has 0 aliphatic carbocycles. The fourth-order valence-corrected chi connectivity index (χ4v) is 1.14. The van der Waals surface area contributed by atoms with Crippen molar-refractivity contribution < 1.29 is 14.3 Å². The Balaban J connectivity index is 2.39. The number of furan rings is 1. The number of aliphatic hydroxyl groups excluding tert-OH is 1. The van der Waals surface area contributed by atoms with Gasteiger partial charge in [0.25, 0.3) is 0 Å². The van der Waals surface area contributed by atoms with Gasteiger partial charge in [-0.1, -0.05) is 6.92 Å². The minimum absolute atomic E-state index is 0.308. The van der Waals surface area contributed by atoms with E-state index in [1.54, 1.807) is 6.26 Å². The van der Waals surface area contributed by atoms with Gasteiger partial charge in [-0.05, 0) is 25.0 Å². The van der Waals surface area contributed by atoms with Crippen LogP contribution < -0.4 is 0 Å². The van der Waals surface area contributed by atoms with Gasteiger partial charge >= 0.3 is 0 Å². The summed E-state index contributed by atoms with van der Waals surface area (Å²) in [6.45, 7) is 4.92. The van der Waals surface area contributed by atoms with Crippen LogP contribution in [0.5, 0.6) is 0 Å². The topological polar surface area (TPSA) is 42.6 Å². The molecule has 0 saturated heterocycles. The molecule has 1 aromatic rings. The standard InChI is InChI=1S/C10H16O3/c1-3-5-12-7-9(11)10-8(2)4-6-13-10/h4,6,9,11H,3,5,7H2,1-2H3. The maximum Gasteiger partial charge on any atom is 0.137 e. The SMILES string of the molecule is CCCOCC(O)c1occc1C. The van der Waals surface area contributed by atoms with Gasteiger partial charge in [0.2, 0.25) is 0 Å². The molecule has 0 spiro atoms. The first kappa shape index (κ1) is 10.3. The molecule has 0 radical (unpaired) electrons. The average molecular weight is 184 g/mol. The molecule has 3 heteroatoms. The molecule has 13 heavy (non-hydrogen) atoms. The smallest absolute Gasteiger partial charge is 0.137 e. The molecule has 0 aliphatic heterocycles. The predicted octanol–water partition coefficient (Wildman–Crippen LogP) is 2.05. The lowest BCUT2D eigenvalue weighted by Crippen LogP contribution is -2.07. The Kier molecular flexibility index (Phi) is 3.99. The molecule has 1 N–H and O–H groups in total. The largest absolute Gasteiger partial charge is 0.466 e. The van der Waals surface area contributed by atoms with Crippen LogP contribution in [0.1, 0.15) is 30.8 Å². The Labute approximate surface area is 78.3 Å². The fraction of sp³-hybridized carbons (Fsp3) is 0.600. The lowest BCUT2D eigenvalue weighted by atomic mass is 10.2. The van der Waals surface area contributed by atoms with Crippen molar-refractivity contribution in [1.82, 2.24) is 0 Å². The van der Waals surface area contributed by atoms with Crippen LogP contribution in [0.3, 0.4) is 0 Å². The number of ether oxygens (including phenoxy) is 1. The number of hydrogen-bond donors (Lipinski definition) is 1. The van der Waals surface area contributed by atoms with Crippen LogP contribution in [0, 0.1) is 6.92 Å². The quantitative estimate of drug-likeness (QED) is 0.712. The minimum atomic E-state index is -0.637. The van der Waals surface area contributed by atoms with Crippen LogP contribution >= 0.6 is 0 Å². The van der Waals surface area contributed by atoms with Gasteiger partial charge in [0.15, 0.2) is 0 Å². The summed E-state index contributed by atoms with van der Waals surface area (Å²) in [7, 11) is 0. The summed E-state index contributed by atoms with van der Waals surface area (Å²) in [6.07, 6.45) is 1.90. The van der Waals surface area contributed by atoms with E-state index in [1.165, 1.54) is 0 Å². The monoisotopic (exact) mass is 184 g/mol. The highest BCUT2D eigenvalue weighted by molar-refractivity contribution is 5.16. The van der Waals surface area contributed by atoms with E-state index >= 15 is 0 Å². The summed E-state index contributed by atoms with van der Waals surface area (Å²) >= 11 is 0. The number of aryl methyl sites for hydroxylation is 1. The van der Waals surface area contributed by atoms with Gasteiger partial charge in [0, 0.05) is 6.61 Å². The molecule has 74 valence electrons. The first-order valence-corrected chi connectivity index (χ1v) is 4.55. The molecule has 0 bridgehead atoms. The number of aliphatic hydroxyl groups is 1. The third kappa shape index (κ3) is 2.86. The molecule has 1 heterocycles. The highest BCUT2D eigenvalue weighted by atomic mass is 16.5. The van der Waals surface area contributed by atoms with Gasteiger partial charge in [-0.2, -0.15) is 0 Å². The van der Waals surface area contributed by atoms with Gasteiger partial charge in [0.05, 0.1) is 12.9 Å². The maximum absolute atomic E-state index is 9.60. The van der Waals surface area contributed by atoms with Crippen molar-refractivity contribution >= 4 is 0 Å². The highest BCUT2D eigenvalue weighted by Crippen LogP contribution is 2.18. The Bertz CT molecular complexity index is 242. The van der Waals surface area contributed by atoms with Crippen LogP contribution in [0.15, 0.2) is 16.7 Å². The molecule has 0 aromatic carbocycles. The maximum atomic E-state index is 9.60. The van der Waals surface area contributed by atoms with Gasteiger partial charge in [-0.15, -0.1) is 0 Å². The van der Waals surface area contributed by atoms with Gasteiger partial charge in [-0.3, -0.25) is 0 Å². The Hall–Kier alpha value is -0.800. The second-order valence-corrected chi connectivity index (χ2v) is 3.06. The second-order valence-electron chi connectivity index (χ2n) is 3.06. The molecule has 0 saturated carbocycles. The van der Waals surface area contributed by atoms with Gasteiger partial charge in [-0.25, -0.2) is 0 Å². The zero-order valence-corrected chi connectivity index (χ0v) is 8.12. The van der Waals surface area contributed by atoms with Crippen LogP contribution in [-0.2, 0) is 4.74 Å². The molecule has 1 rings (SSSR count). The summed E-state index contributed by atoms with van der Waals surface area (Å²) in [4.78, 5) is 0. The van der Waals surface area contributed by atoms with E-state index < -0.39 is 6.10 Å². The van der Waals surface area contributed by atoms with E-state index in [4.69, 9.17) is 9.15 Å². The van der Waals surface area contributed by atoms with E-state index in [0.29, 0.717) is 19.0 Å². The van der Waals surface area contributed by atoms with E-state index in [-0.39, 0.29) is 0 Å². The normalized spacial score (nSPS) is 13.2. The van der Waals surface area contributed by atoms with Crippen molar-refractivity contribution in [3.05, 3.63) is 23.7 Å². The van der Waals surface area contributed by atoms with Crippen LogP contribution in [0.4, 0.5) is 0 Å². The first-order valence-electron chi connectivity index (χ1n) is 4.55. The molecule has 0 aliphatic rings. The Morgan fingerprint density at radius 3 is 2.92 bits per heavy atom. The summed E-state index contributed by atoms with van der Waals surface area (Å²) in [5.41, 5.74) is 0.965. The van der Waals surface area contributed by atoms with E-state index in [0.717, 1.165) is 12.0 Å². The fourth-order valence-electron chi connectivity index (χ4n) is 1.14. The van der Waals surface area contributed by atoms with Crippen molar-refractivity contribution in [3.63, 3.8) is 0 Å². The lowest BCUT2D eigenvalue weighted by Gasteiger charge is -2.08. The minimum Gasteiger partial charge on any atom is -0.466 e. The van der Waals surface area contributed by atoms with E-state index in [2.05, 4.69) is 0 Å². The van der Waals surface area contributed by atoms with Crippen LogP contribution in [0.25, 0.3) is 0 Å². The molecule has 1 aromatic heterocycles. The van der Waals surface area contributed by atoms with E-state index in [1.807, 2.05) is 19.9 Å². The molecule has 0 amide bonds. The summed E-state index contributed by atoms with van der Waals surface area (Å²) < 4.78 is 10.3. The molecule has 0 fully saturated rings. The average Bonchev–Trinajstić information content (AvgIpc) is 2.52. The van der Waals surface area contributed by atoms with E-state index in [9.17, 15) is 5.11 Å². The molecule has 1 unspecified atom stereocenters. The van der Waals surface area contributed by atoms with Gasteiger partial charge in [0.1, 0.15) is 11.9 Å². The third-order valence-corrected chi connectivity index (χ3v) is 1.83. The summed E-state index contributed by atoms with van der Waals surface area (Å²) in [5.74, 6) is 0.608. The van der Waals surface area contributed by atoms with Crippen LogP contribution in [0.2, 0.25) is 0 Å². The molecule has 3 nitrogen and oxygen atoms in total. The molecule has 1 atom stereocenters. The summed E-state index contributed by atoms with van der Waals surface area (Å²) in [5, 5.41) is 9.60. The second kappa shape index (κ2) is 5.04. The van der Waals surface area contributed by atoms with Crippen molar-refractivity contribution in [2.24, 2.45) is 0 Å². The Morgan fingerprint density at radius 2 is 2.38 bits per heavy atom. The molecular weight excluding hydrogens is 168 g/mol. The first-order chi connectivity index (χ1) is 6.25. The molecular formula is C10H16O3. The third-order valence-electron chi connectivity index (χ3n) is 1.83. The van der Waals surface area contributed by atoms with Gasteiger partial charge < -0.3 is 14.3 Å². The predicted molar refractivity (Wildman–Crippen MR) is 49.5 cm³/mol.